The molecule has 0 amide bonds. The number of rotatable bonds is 0. The van der Waals surface area contributed by atoms with E-state index >= 15 is 0 Å². The van der Waals surface area contributed by atoms with Gasteiger partial charge in [-0.3, -0.25) is 4.79 Å². The summed E-state index contributed by atoms with van der Waals surface area (Å²) in [7, 11) is -1.59. The lowest BCUT2D eigenvalue weighted by atomic mass is 10.2. The van der Waals surface area contributed by atoms with Crippen LogP contribution in [-0.4, -0.2) is 13.3 Å². The normalized spacial score (nSPS) is 10.7. The van der Waals surface area contributed by atoms with Gasteiger partial charge in [-0.15, -0.1) is 5.54 Å². The highest BCUT2D eigenvalue weighted by atomic mass is 35.5. The van der Waals surface area contributed by atoms with Gasteiger partial charge in [0.05, 0.1) is 0 Å². The molecule has 0 aliphatic carbocycles. The third-order valence-electron chi connectivity index (χ3n) is 2.47. The highest BCUT2D eigenvalue weighted by molar-refractivity contribution is 6.87. The number of hydrogen-bond acceptors (Lipinski definition) is 1. The number of halogens is 1. The summed E-state index contributed by atoms with van der Waals surface area (Å²) in [4.78, 5) is 10.3. The zero-order chi connectivity index (χ0) is 11.4. The maximum absolute atomic E-state index is 10.3. The molecule has 0 saturated carbocycles. The second-order valence-corrected chi connectivity index (χ2v) is 9.99. The first kappa shape index (κ1) is 13.3. The van der Waals surface area contributed by atoms with Crippen LogP contribution in [0.3, 0.4) is 0 Å². The smallest absolute Gasteiger partial charge is 0.266 e. The minimum absolute atomic E-state index is 0.215. The summed E-state index contributed by atoms with van der Waals surface area (Å²) in [6.07, 6.45) is 0. The number of carbonyl (C=O) groups excluding carboxylic acids is 1. The van der Waals surface area contributed by atoms with Crippen LogP contribution in [0.1, 0.15) is 20.8 Å². The zero-order valence-electron chi connectivity index (χ0n) is 9.29. The molecule has 3 heteroatoms. The Bertz CT molecular complexity index is 341. The summed E-state index contributed by atoms with van der Waals surface area (Å²) in [5, 5.41) is -0.443. The Morgan fingerprint density at radius 2 is 1.71 bits per heavy atom. The van der Waals surface area contributed by atoms with Crippen LogP contribution in [0.25, 0.3) is 0 Å². The van der Waals surface area contributed by atoms with E-state index < -0.39 is 13.3 Å². The van der Waals surface area contributed by atoms with Crippen LogP contribution in [0.15, 0.2) is 0 Å². The van der Waals surface area contributed by atoms with Crippen LogP contribution in [0.5, 0.6) is 0 Å². The first-order chi connectivity index (χ1) is 6.17. The molecule has 0 spiro atoms. The summed E-state index contributed by atoms with van der Waals surface area (Å²) in [6, 6.07) is 0. The molecule has 0 unspecified atom stereocenters. The molecule has 0 aliphatic rings. The summed E-state index contributed by atoms with van der Waals surface area (Å²) < 4.78 is 0. The van der Waals surface area contributed by atoms with Crippen molar-refractivity contribution in [2.45, 2.75) is 38.9 Å². The predicted octanol–water partition coefficient (Wildman–Crippen LogP) is 2.81. The molecule has 0 aliphatic heterocycles. The van der Waals surface area contributed by atoms with E-state index in [0.29, 0.717) is 0 Å². The first-order valence-corrected chi connectivity index (χ1v) is 7.77. The molecule has 0 aromatic carbocycles. The number of carbonyl (C=O) groups is 1. The van der Waals surface area contributed by atoms with Gasteiger partial charge >= 0.3 is 0 Å². The third-order valence-corrected chi connectivity index (χ3v) is 7.07. The van der Waals surface area contributed by atoms with Crippen LogP contribution in [0, 0.1) is 23.3 Å². The fraction of sp³-hybridized carbons (Fsp3) is 0.545. The van der Waals surface area contributed by atoms with Crippen molar-refractivity contribution < 1.29 is 4.79 Å². The van der Waals surface area contributed by atoms with Gasteiger partial charge in [-0.05, 0) is 28.5 Å². The summed E-state index contributed by atoms with van der Waals surface area (Å²) >= 11 is 5.05. The minimum Gasteiger partial charge on any atom is -0.266 e. The van der Waals surface area contributed by atoms with E-state index in [0.717, 1.165) is 0 Å². The van der Waals surface area contributed by atoms with Crippen LogP contribution < -0.4 is 0 Å². The van der Waals surface area contributed by atoms with E-state index in [1.54, 1.807) is 0 Å². The quantitative estimate of drug-likeness (QED) is 0.353. The molecule has 0 bridgehead atoms. The fourth-order valence-electron chi connectivity index (χ4n) is 0.455. The van der Waals surface area contributed by atoms with Crippen LogP contribution in [0.4, 0.5) is 0 Å². The van der Waals surface area contributed by atoms with Gasteiger partial charge in [-0.2, -0.15) is 0 Å². The molecule has 1 nitrogen and oxygen atoms in total. The van der Waals surface area contributed by atoms with Crippen molar-refractivity contribution in [1.82, 2.24) is 0 Å². The van der Waals surface area contributed by atoms with Crippen molar-refractivity contribution >= 4 is 24.9 Å². The molecule has 0 heterocycles. The Morgan fingerprint density at radius 3 is 2.07 bits per heavy atom. The van der Waals surface area contributed by atoms with Gasteiger partial charge in [0.15, 0.2) is 0 Å². The molecular formula is C11H15ClOSi. The van der Waals surface area contributed by atoms with Gasteiger partial charge in [-0.1, -0.05) is 33.9 Å². The molecule has 0 atom stereocenters. The lowest BCUT2D eigenvalue weighted by molar-refractivity contribution is -0.106. The van der Waals surface area contributed by atoms with Gasteiger partial charge in [0, 0.05) is 5.92 Å². The van der Waals surface area contributed by atoms with Gasteiger partial charge in [0.2, 0.25) is 0 Å². The van der Waals surface area contributed by atoms with Gasteiger partial charge < -0.3 is 0 Å². The van der Waals surface area contributed by atoms with Crippen LogP contribution in [0.2, 0.25) is 18.1 Å². The van der Waals surface area contributed by atoms with E-state index in [1.807, 2.05) is 0 Å². The van der Waals surface area contributed by atoms with Crippen molar-refractivity contribution in [3.05, 3.63) is 0 Å². The lowest BCUT2D eigenvalue weighted by Gasteiger charge is -2.31. The molecule has 0 aromatic rings. The minimum atomic E-state index is -1.59. The molecule has 0 fully saturated rings. The largest absolute Gasteiger partial charge is 0.297 e. The highest BCUT2D eigenvalue weighted by Crippen LogP contribution is 2.34. The maximum Gasteiger partial charge on any atom is 0.297 e. The standard InChI is InChI=1S/C11H15ClOSi/c1-11(2,3)14(4,5)9-7-6-8-10(12)13/h1-5H3. The summed E-state index contributed by atoms with van der Waals surface area (Å²) in [5.41, 5.74) is 3.16. The van der Waals surface area contributed by atoms with Crippen molar-refractivity contribution in [2.24, 2.45) is 0 Å². The van der Waals surface area contributed by atoms with E-state index in [-0.39, 0.29) is 5.04 Å². The monoisotopic (exact) mass is 226 g/mol. The van der Waals surface area contributed by atoms with E-state index in [4.69, 9.17) is 11.6 Å². The maximum atomic E-state index is 10.3. The molecule has 0 radical (unpaired) electrons. The molecule has 14 heavy (non-hydrogen) atoms. The Kier molecular flexibility index (Phi) is 4.45. The van der Waals surface area contributed by atoms with E-state index in [2.05, 4.69) is 57.2 Å². The predicted molar refractivity (Wildman–Crippen MR) is 63.6 cm³/mol. The Labute approximate surface area is 92.2 Å². The molecule has 0 N–H and O–H groups in total. The summed E-state index contributed by atoms with van der Waals surface area (Å²) in [6.45, 7) is 10.9. The Hall–Kier alpha value is -0.703. The van der Waals surface area contributed by atoms with Crippen LogP contribution in [-0.2, 0) is 4.79 Å². The Morgan fingerprint density at radius 1 is 1.21 bits per heavy atom. The van der Waals surface area contributed by atoms with Crippen molar-refractivity contribution in [2.75, 3.05) is 0 Å². The van der Waals surface area contributed by atoms with E-state index in [9.17, 15) is 4.79 Å². The van der Waals surface area contributed by atoms with Gasteiger partial charge in [-0.25, -0.2) is 0 Å². The SMILES string of the molecule is CC(C)(C)[Si](C)(C)C#CC#CC(=O)Cl. The fourth-order valence-corrected chi connectivity index (χ4v) is 1.25. The van der Waals surface area contributed by atoms with Crippen LogP contribution >= 0.6 is 11.6 Å². The molecule has 76 valence electrons. The van der Waals surface area contributed by atoms with Crippen molar-refractivity contribution in [3.63, 3.8) is 0 Å². The van der Waals surface area contributed by atoms with Crippen molar-refractivity contribution in [3.8, 4) is 23.3 Å². The average Bonchev–Trinajstić information content (AvgIpc) is 1.95. The molecule has 0 rings (SSSR count). The number of hydrogen-bond donors (Lipinski definition) is 0. The highest BCUT2D eigenvalue weighted by Gasteiger charge is 2.33. The Balaban J connectivity index is 4.70. The van der Waals surface area contributed by atoms with Gasteiger partial charge in [0.1, 0.15) is 8.07 Å². The lowest BCUT2D eigenvalue weighted by Crippen LogP contribution is -2.35. The molecular weight excluding hydrogens is 212 g/mol. The molecule has 0 saturated heterocycles. The van der Waals surface area contributed by atoms with E-state index in [1.165, 1.54) is 0 Å². The second kappa shape index (κ2) is 4.69. The zero-order valence-corrected chi connectivity index (χ0v) is 11.0. The topological polar surface area (TPSA) is 17.1 Å². The molecule has 0 aromatic heterocycles. The average molecular weight is 227 g/mol. The third kappa shape index (κ3) is 4.51. The van der Waals surface area contributed by atoms with Gasteiger partial charge in [0.25, 0.3) is 5.24 Å². The summed E-state index contributed by atoms with van der Waals surface area (Å²) in [5.74, 6) is 7.36. The second-order valence-electron chi connectivity index (χ2n) is 4.65. The van der Waals surface area contributed by atoms with Crippen molar-refractivity contribution in [1.29, 1.82) is 0 Å². The first-order valence-electron chi connectivity index (χ1n) is 4.39.